The Kier molecular flexibility index (Phi) is 4.36. The molecule has 1 rings (SSSR count). The first-order chi connectivity index (χ1) is 7.87. The van der Waals surface area contributed by atoms with Gasteiger partial charge in [0.25, 0.3) is 0 Å². The smallest absolute Gasteiger partial charge is 0.390 e. The van der Waals surface area contributed by atoms with E-state index in [0.29, 0.717) is 11.3 Å². The zero-order valence-electron chi connectivity index (χ0n) is 9.64. The zero-order chi connectivity index (χ0) is 13.1. The number of nitrogens with one attached hydrogen (secondary N) is 1. The minimum absolute atomic E-state index is 0.391. The Hall–Kier alpha value is -1.27. The van der Waals surface area contributed by atoms with Crippen LogP contribution in [-0.4, -0.2) is 13.3 Å². The predicted molar refractivity (Wildman–Crippen MR) is 58.5 cm³/mol. The van der Waals surface area contributed by atoms with Gasteiger partial charge in [-0.25, -0.2) is 0 Å². The highest BCUT2D eigenvalue weighted by Crippen LogP contribution is 2.33. The molecule has 0 fully saturated rings. The molecule has 3 nitrogen and oxygen atoms in total. The molecule has 0 amide bonds. The van der Waals surface area contributed by atoms with E-state index in [2.05, 4.69) is 5.43 Å². The fraction of sp³-hybridized carbons (Fsp3) is 0.455. The van der Waals surface area contributed by atoms with Crippen molar-refractivity contribution >= 4 is 0 Å². The summed E-state index contributed by atoms with van der Waals surface area (Å²) in [6, 6.07) is 4.02. The molecule has 1 aromatic carbocycles. The fourth-order valence-corrected chi connectivity index (χ4v) is 1.62. The molecule has 0 saturated heterocycles. The van der Waals surface area contributed by atoms with Crippen LogP contribution in [0.25, 0.3) is 0 Å². The summed E-state index contributed by atoms with van der Waals surface area (Å²) in [5, 5.41) is 0. The molecule has 3 N–H and O–H groups in total. The van der Waals surface area contributed by atoms with Crippen molar-refractivity contribution in [3.63, 3.8) is 0 Å². The number of nitrogens with two attached hydrogens (primary N) is 1. The lowest BCUT2D eigenvalue weighted by molar-refractivity contribution is -0.140. The number of rotatable bonds is 4. The van der Waals surface area contributed by atoms with Gasteiger partial charge in [0, 0.05) is 5.56 Å². The van der Waals surface area contributed by atoms with Crippen molar-refractivity contribution in [1.82, 2.24) is 5.43 Å². The first kappa shape index (κ1) is 13.8. The second kappa shape index (κ2) is 5.37. The lowest BCUT2D eigenvalue weighted by atomic mass is 10.0. The van der Waals surface area contributed by atoms with Crippen molar-refractivity contribution in [3.05, 3.63) is 29.3 Å². The van der Waals surface area contributed by atoms with Crippen LogP contribution < -0.4 is 16.0 Å². The highest BCUT2D eigenvalue weighted by atomic mass is 19.4. The maximum Gasteiger partial charge on any atom is 0.390 e. The Morgan fingerprint density at radius 2 is 2.06 bits per heavy atom. The van der Waals surface area contributed by atoms with Crippen LogP contribution in [0.2, 0.25) is 0 Å². The number of benzene rings is 1. The molecule has 1 aromatic rings. The third-order valence-corrected chi connectivity index (χ3v) is 2.40. The molecule has 17 heavy (non-hydrogen) atoms. The van der Waals surface area contributed by atoms with Crippen molar-refractivity contribution in [3.8, 4) is 5.75 Å². The average molecular weight is 248 g/mol. The first-order valence-corrected chi connectivity index (χ1v) is 5.05. The number of methoxy groups -OCH3 is 1. The van der Waals surface area contributed by atoms with Crippen LogP contribution >= 0.6 is 0 Å². The van der Waals surface area contributed by atoms with E-state index in [1.165, 1.54) is 7.11 Å². The second-order valence-electron chi connectivity index (χ2n) is 3.78. The summed E-state index contributed by atoms with van der Waals surface area (Å²) < 4.78 is 42.2. The van der Waals surface area contributed by atoms with Gasteiger partial charge >= 0.3 is 6.18 Å². The van der Waals surface area contributed by atoms with Crippen LogP contribution in [0.5, 0.6) is 5.75 Å². The second-order valence-corrected chi connectivity index (χ2v) is 3.78. The van der Waals surface area contributed by atoms with Gasteiger partial charge in [0.1, 0.15) is 5.75 Å². The topological polar surface area (TPSA) is 47.3 Å². The predicted octanol–water partition coefficient (Wildman–Crippen LogP) is 2.46. The minimum atomic E-state index is -4.29. The van der Waals surface area contributed by atoms with Crippen LogP contribution in [0.15, 0.2) is 18.2 Å². The van der Waals surface area contributed by atoms with E-state index >= 15 is 0 Å². The molecule has 0 bridgehead atoms. The van der Waals surface area contributed by atoms with Crippen molar-refractivity contribution in [1.29, 1.82) is 0 Å². The summed E-state index contributed by atoms with van der Waals surface area (Å²) in [5.41, 5.74) is 3.44. The highest BCUT2D eigenvalue weighted by Gasteiger charge is 2.33. The number of hydrogen-bond donors (Lipinski definition) is 2. The molecule has 0 saturated carbocycles. The number of alkyl halides is 3. The van der Waals surface area contributed by atoms with Crippen LogP contribution in [0.4, 0.5) is 13.2 Å². The molecule has 0 aliphatic heterocycles. The third kappa shape index (κ3) is 3.90. The largest absolute Gasteiger partial charge is 0.496 e. The number of aryl methyl sites for hydroxylation is 1. The summed E-state index contributed by atoms with van der Waals surface area (Å²) in [6.07, 6.45) is -5.32. The fourth-order valence-electron chi connectivity index (χ4n) is 1.62. The average Bonchev–Trinajstić information content (AvgIpc) is 2.24. The molecule has 96 valence electrons. The first-order valence-electron chi connectivity index (χ1n) is 5.05. The van der Waals surface area contributed by atoms with E-state index in [4.69, 9.17) is 10.6 Å². The SMILES string of the molecule is COc1ccc(C)cc1C(CC(F)(F)F)NN. The molecule has 1 unspecified atom stereocenters. The lowest BCUT2D eigenvalue weighted by Gasteiger charge is -2.20. The Morgan fingerprint density at radius 1 is 1.41 bits per heavy atom. The van der Waals surface area contributed by atoms with Crippen molar-refractivity contribution in [2.24, 2.45) is 5.84 Å². The third-order valence-electron chi connectivity index (χ3n) is 2.40. The summed E-state index contributed by atoms with van der Waals surface area (Å²) in [5.74, 6) is 5.57. The van der Waals surface area contributed by atoms with E-state index in [1.807, 2.05) is 0 Å². The van der Waals surface area contributed by atoms with Gasteiger partial charge in [-0.3, -0.25) is 11.3 Å². The van der Waals surface area contributed by atoms with Crippen LogP contribution in [0, 0.1) is 6.92 Å². The summed E-state index contributed by atoms with van der Waals surface area (Å²) >= 11 is 0. The van der Waals surface area contributed by atoms with Gasteiger partial charge in [0.2, 0.25) is 0 Å². The quantitative estimate of drug-likeness (QED) is 0.635. The molecule has 0 spiro atoms. The molecule has 1 atom stereocenters. The van der Waals surface area contributed by atoms with E-state index in [0.717, 1.165) is 5.56 Å². The summed E-state index contributed by atoms with van der Waals surface area (Å²) in [4.78, 5) is 0. The Labute approximate surface area is 97.7 Å². The van der Waals surface area contributed by atoms with Gasteiger partial charge in [0.15, 0.2) is 0 Å². The van der Waals surface area contributed by atoms with Gasteiger partial charge in [-0.05, 0) is 13.0 Å². The van der Waals surface area contributed by atoms with Crippen LogP contribution in [0.3, 0.4) is 0 Å². The van der Waals surface area contributed by atoms with Crippen molar-refractivity contribution < 1.29 is 17.9 Å². The minimum Gasteiger partial charge on any atom is -0.496 e. The van der Waals surface area contributed by atoms with E-state index in [-0.39, 0.29) is 0 Å². The normalized spacial score (nSPS) is 13.5. The Balaban J connectivity index is 3.06. The zero-order valence-corrected chi connectivity index (χ0v) is 9.64. The number of hydrogen-bond acceptors (Lipinski definition) is 3. The highest BCUT2D eigenvalue weighted by molar-refractivity contribution is 5.39. The van der Waals surface area contributed by atoms with Crippen LogP contribution in [-0.2, 0) is 0 Å². The maximum atomic E-state index is 12.4. The van der Waals surface area contributed by atoms with Gasteiger partial charge in [-0.15, -0.1) is 0 Å². The summed E-state index contributed by atoms with van der Waals surface area (Å²) in [6.45, 7) is 1.80. The molecule has 0 aliphatic rings. The number of halogens is 3. The van der Waals surface area contributed by atoms with Crippen molar-refractivity contribution in [2.45, 2.75) is 25.6 Å². The van der Waals surface area contributed by atoms with Gasteiger partial charge in [-0.1, -0.05) is 17.7 Å². The van der Waals surface area contributed by atoms with E-state index in [1.54, 1.807) is 25.1 Å². The standard InChI is InChI=1S/C11H15F3N2O/c1-7-3-4-10(17-2)8(5-7)9(16-15)6-11(12,13)14/h3-5,9,16H,6,15H2,1-2H3. The van der Waals surface area contributed by atoms with E-state index in [9.17, 15) is 13.2 Å². The molecule has 0 aliphatic carbocycles. The van der Waals surface area contributed by atoms with Gasteiger partial charge < -0.3 is 4.74 Å². The van der Waals surface area contributed by atoms with Crippen LogP contribution in [0.1, 0.15) is 23.6 Å². The molecular weight excluding hydrogens is 233 g/mol. The maximum absolute atomic E-state index is 12.4. The Morgan fingerprint density at radius 3 is 2.53 bits per heavy atom. The molecule has 0 aromatic heterocycles. The lowest BCUT2D eigenvalue weighted by Crippen LogP contribution is -2.32. The van der Waals surface area contributed by atoms with E-state index < -0.39 is 18.6 Å². The molecular formula is C11H15F3N2O. The monoisotopic (exact) mass is 248 g/mol. The molecule has 6 heteroatoms. The molecule has 0 radical (unpaired) electrons. The number of hydrazine groups is 1. The van der Waals surface area contributed by atoms with Crippen molar-refractivity contribution in [2.75, 3.05) is 7.11 Å². The number of ether oxygens (including phenoxy) is 1. The molecule has 0 heterocycles. The van der Waals surface area contributed by atoms with Gasteiger partial charge in [-0.2, -0.15) is 13.2 Å². The van der Waals surface area contributed by atoms with Gasteiger partial charge in [0.05, 0.1) is 19.6 Å². The summed E-state index contributed by atoms with van der Waals surface area (Å²) in [7, 11) is 1.41. The Bertz CT molecular complexity index is 379.